The second-order valence-electron chi connectivity index (χ2n) is 5.31. The summed E-state index contributed by atoms with van der Waals surface area (Å²) in [6.07, 6.45) is 0. The Hall–Kier alpha value is -3.68. The van der Waals surface area contributed by atoms with E-state index < -0.39 is 41.5 Å². The Morgan fingerprint density at radius 3 is 2.20 bits per heavy atom. The average molecular weight is 339 g/mol. The third-order valence-corrected chi connectivity index (χ3v) is 3.67. The van der Waals surface area contributed by atoms with Gasteiger partial charge in [-0.15, -0.1) is 0 Å². The zero-order valence-corrected chi connectivity index (χ0v) is 12.7. The van der Waals surface area contributed by atoms with Crippen LogP contribution in [0.15, 0.2) is 42.5 Å². The predicted molar refractivity (Wildman–Crippen MR) is 83.3 cm³/mol. The van der Waals surface area contributed by atoms with Gasteiger partial charge in [0, 0.05) is 5.69 Å². The fraction of sp³-hybridized carbons (Fsp3) is 0.0588. The van der Waals surface area contributed by atoms with Crippen molar-refractivity contribution in [3.05, 3.63) is 59.2 Å². The lowest BCUT2D eigenvalue weighted by atomic mass is 10.1. The molecule has 3 amide bonds. The van der Waals surface area contributed by atoms with E-state index in [1.807, 2.05) is 0 Å². The van der Waals surface area contributed by atoms with E-state index >= 15 is 0 Å². The SMILES string of the molecule is O=C(CN1C(=O)c2ccccc2C1=O)Nc1ccc([O-])c(C(=O)O)c1. The number of carboxylic acid groups (broad SMARTS) is 1. The van der Waals surface area contributed by atoms with Crippen molar-refractivity contribution in [3.63, 3.8) is 0 Å². The van der Waals surface area contributed by atoms with Gasteiger partial charge in [0.25, 0.3) is 11.8 Å². The number of carbonyl (C=O) groups is 4. The summed E-state index contributed by atoms with van der Waals surface area (Å²) < 4.78 is 0. The van der Waals surface area contributed by atoms with Crippen LogP contribution in [0.5, 0.6) is 5.75 Å². The molecule has 3 rings (SSSR count). The molecule has 2 aromatic carbocycles. The number of rotatable bonds is 4. The number of aromatic carboxylic acids is 1. The molecule has 0 fully saturated rings. The lowest BCUT2D eigenvalue weighted by molar-refractivity contribution is -0.268. The summed E-state index contributed by atoms with van der Waals surface area (Å²) in [6.45, 7) is -0.520. The molecule has 1 aliphatic rings. The molecule has 0 bridgehead atoms. The molecule has 0 aromatic heterocycles. The van der Waals surface area contributed by atoms with Crippen molar-refractivity contribution in [3.8, 4) is 5.75 Å². The minimum Gasteiger partial charge on any atom is -0.872 e. The number of fused-ring (bicyclic) bond motifs is 1. The number of nitrogens with zero attached hydrogens (tertiary/aromatic N) is 1. The highest BCUT2D eigenvalue weighted by Gasteiger charge is 2.36. The lowest BCUT2D eigenvalue weighted by Crippen LogP contribution is -2.37. The van der Waals surface area contributed by atoms with Crippen LogP contribution in [0.2, 0.25) is 0 Å². The molecule has 0 saturated carbocycles. The molecule has 0 aliphatic carbocycles. The van der Waals surface area contributed by atoms with Gasteiger partial charge in [0.05, 0.1) is 16.7 Å². The third kappa shape index (κ3) is 2.92. The second-order valence-corrected chi connectivity index (χ2v) is 5.31. The van der Waals surface area contributed by atoms with Crippen molar-refractivity contribution >= 4 is 29.4 Å². The summed E-state index contributed by atoms with van der Waals surface area (Å²) in [5, 5.41) is 22.7. The molecule has 0 spiro atoms. The maximum atomic E-state index is 12.2. The average Bonchev–Trinajstić information content (AvgIpc) is 2.82. The quantitative estimate of drug-likeness (QED) is 0.789. The molecule has 25 heavy (non-hydrogen) atoms. The minimum absolute atomic E-state index is 0.0820. The summed E-state index contributed by atoms with van der Waals surface area (Å²) in [5.41, 5.74) is 0.0467. The van der Waals surface area contributed by atoms with Crippen molar-refractivity contribution in [2.75, 3.05) is 11.9 Å². The van der Waals surface area contributed by atoms with Crippen LogP contribution in [0.3, 0.4) is 0 Å². The molecule has 2 N–H and O–H groups in total. The van der Waals surface area contributed by atoms with Crippen molar-refractivity contribution in [2.45, 2.75) is 0 Å². The molecule has 126 valence electrons. The lowest BCUT2D eigenvalue weighted by Gasteiger charge is -2.15. The van der Waals surface area contributed by atoms with E-state index in [0.717, 1.165) is 17.0 Å². The number of benzene rings is 2. The van der Waals surface area contributed by atoms with Gasteiger partial charge in [0.2, 0.25) is 5.91 Å². The van der Waals surface area contributed by atoms with Gasteiger partial charge in [-0.2, -0.15) is 0 Å². The second kappa shape index (κ2) is 6.08. The van der Waals surface area contributed by atoms with E-state index in [1.165, 1.54) is 18.2 Å². The van der Waals surface area contributed by atoms with Gasteiger partial charge >= 0.3 is 5.97 Å². The van der Waals surface area contributed by atoms with E-state index in [-0.39, 0.29) is 16.8 Å². The summed E-state index contributed by atoms with van der Waals surface area (Å²) in [6, 6.07) is 9.51. The van der Waals surface area contributed by atoms with Crippen molar-refractivity contribution in [2.24, 2.45) is 0 Å². The largest absolute Gasteiger partial charge is 0.872 e. The molecule has 8 heteroatoms. The minimum atomic E-state index is -1.42. The van der Waals surface area contributed by atoms with Gasteiger partial charge in [0.15, 0.2) is 0 Å². The number of carbonyl (C=O) groups excluding carboxylic acids is 3. The number of anilines is 1. The monoisotopic (exact) mass is 339 g/mol. The fourth-order valence-electron chi connectivity index (χ4n) is 2.50. The maximum absolute atomic E-state index is 12.2. The first-order chi connectivity index (χ1) is 11.9. The highest BCUT2D eigenvalue weighted by atomic mass is 16.4. The van der Waals surface area contributed by atoms with E-state index in [0.29, 0.717) is 0 Å². The van der Waals surface area contributed by atoms with Gasteiger partial charge in [0.1, 0.15) is 6.54 Å². The molecule has 1 aliphatic heterocycles. The van der Waals surface area contributed by atoms with E-state index in [4.69, 9.17) is 5.11 Å². The first-order valence-corrected chi connectivity index (χ1v) is 7.18. The Balaban J connectivity index is 1.74. The first kappa shape index (κ1) is 16.2. The van der Waals surface area contributed by atoms with Crippen LogP contribution in [0.25, 0.3) is 0 Å². The Kier molecular flexibility index (Phi) is 3.94. The number of nitrogens with one attached hydrogen (secondary N) is 1. The molecule has 0 saturated heterocycles. The first-order valence-electron chi connectivity index (χ1n) is 7.18. The van der Waals surface area contributed by atoms with Crippen LogP contribution in [0.1, 0.15) is 31.1 Å². The summed E-state index contributed by atoms with van der Waals surface area (Å²) in [4.78, 5) is 48.2. The van der Waals surface area contributed by atoms with Crippen LogP contribution in [-0.2, 0) is 4.79 Å². The van der Waals surface area contributed by atoms with Gasteiger partial charge in [-0.1, -0.05) is 23.9 Å². The van der Waals surface area contributed by atoms with Crippen molar-refractivity contribution in [1.82, 2.24) is 4.90 Å². The predicted octanol–water partition coefficient (Wildman–Crippen LogP) is 0.693. The van der Waals surface area contributed by atoms with E-state index in [2.05, 4.69) is 5.32 Å². The molecule has 0 radical (unpaired) electrons. The maximum Gasteiger partial charge on any atom is 0.335 e. The number of carboxylic acids is 1. The van der Waals surface area contributed by atoms with Crippen LogP contribution >= 0.6 is 0 Å². The Morgan fingerprint density at radius 2 is 1.64 bits per heavy atom. The van der Waals surface area contributed by atoms with Crippen molar-refractivity contribution in [1.29, 1.82) is 0 Å². The van der Waals surface area contributed by atoms with Gasteiger partial charge in [-0.3, -0.25) is 19.3 Å². The summed E-state index contributed by atoms with van der Waals surface area (Å²) in [5.74, 6) is -3.94. The fourth-order valence-corrected chi connectivity index (χ4v) is 2.50. The van der Waals surface area contributed by atoms with E-state index in [1.54, 1.807) is 12.1 Å². The summed E-state index contributed by atoms with van der Waals surface area (Å²) >= 11 is 0. The standard InChI is InChI=1S/C17H12N2O6/c20-13-6-5-9(7-12(13)17(24)25)18-14(21)8-19-15(22)10-3-1-2-4-11(10)16(19)23/h1-7,20H,8H2,(H,18,21)(H,24,25)/p-1. The Morgan fingerprint density at radius 1 is 1.04 bits per heavy atom. The van der Waals surface area contributed by atoms with Crippen LogP contribution in [0.4, 0.5) is 5.69 Å². The topological polar surface area (TPSA) is 127 Å². The number of amides is 3. The van der Waals surface area contributed by atoms with Crippen LogP contribution in [0, 0.1) is 0 Å². The summed E-state index contributed by atoms with van der Waals surface area (Å²) in [7, 11) is 0. The zero-order chi connectivity index (χ0) is 18.1. The number of hydrogen-bond acceptors (Lipinski definition) is 5. The molecule has 0 unspecified atom stereocenters. The molecule has 2 aromatic rings. The van der Waals surface area contributed by atoms with Gasteiger partial charge in [-0.25, -0.2) is 4.79 Å². The van der Waals surface area contributed by atoms with Gasteiger partial charge in [-0.05, 0) is 24.3 Å². The molecule has 8 nitrogen and oxygen atoms in total. The smallest absolute Gasteiger partial charge is 0.335 e. The molecule has 0 atom stereocenters. The highest BCUT2D eigenvalue weighted by molar-refractivity contribution is 6.22. The Bertz CT molecular complexity index is 886. The number of hydrogen-bond donors (Lipinski definition) is 2. The Labute approximate surface area is 141 Å². The number of imide groups is 1. The molecular weight excluding hydrogens is 328 g/mol. The third-order valence-electron chi connectivity index (χ3n) is 3.67. The highest BCUT2D eigenvalue weighted by Crippen LogP contribution is 2.23. The van der Waals surface area contributed by atoms with E-state index in [9.17, 15) is 24.3 Å². The van der Waals surface area contributed by atoms with Crippen molar-refractivity contribution < 1.29 is 29.4 Å². The molecule has 1 heterocycles. The van der Waals surface area contributed by atoms with Gasteiger partial charge < -0.3 is 15.5 Å². The normalized spacial score (nSPS) is 12.9. The van der Waals surface area contributed by atoms with Crippen LogP contribution in [-0.4, -0.2) is 40.2 Å². The van der Waals surface area contributed by atoms with Crippen LogP contribution < -0.4 is 10.4 Å². The zero-order valence-electron chi connectivity index (χ0n) is 12.7. The molecular formula is C17H11N2O6-.